The molecule has 0 unspecified atom stereocenters. The van der Waals surface area contributed by atoms with Gasteiger partial charge in [0.1, 0.15) is 5.92 Å². The monoisotopic (exact) mass is 450 g/mol. The molecule has 0 amide bonds. The molecule has 174 valence electrons. The van der Waals surface area contributed by atoms with Crippen molar-refractivity contribution < 1.29 is 23.8 Å². The molecular formula is C26H30N2O5. The molecule has 3 atom stereocenters. The Balaban J connectivity index is 1.85. The first-order valence-corrected chi connectivity index (χ1v) is 11.2. The number of fused-ring (bicyclic) bond motifs is 1. The lowest BCUT2D eigenvalue weighted by atomic mass is 9.75. The van der Waals surface area contributed by atoms with E-state index in [4.69, 9.17) is 14.2 Å². The molecule has 0 saturated carbocycles. The smallest absolute Gasteiger partial charge is 0.316 e. The van der Waals surface area contributed by atoms with Gasteiger partial charge in [-0.3, -0.25) is 9.59 Å². The average molecular weight is 451 g/mol. The molecule has 2 aliphatic rings. The predicted octanol–water partition coefficient (Wildman–Crippen LogP) is 4.71. The molecule has 0 aromatic heterocycles. The largest absolute Gasteiger partial charge is 0.493 e. The van der Waals surface area contributed by atoms with Gasteiger partial charge in [0.15, 0.2) is 17.3 Å². The van der Waals surface area contributed by atoms with Crippen molar-refractivity contribution >= 4 is 23.1 Å². The SMILES string of the molecule is COC(=O)[C@@H]1C(=O)C2=C(C[C@H]1C)Nc1ccccc1N[C@H]2c1ccc(OC(C)C)c(OC)c1. The number of para-hydroxylation sites is 2. The molecule has 2 N–H and O–H groups in total. The summed E-state index contributed by atoms with van der Waals surface area (Å²) in [7, 11) is 2.91. The summed E-state index contributed by atoms with van der Waals surface area (Å²) in [5.41, 5.74) is 3.94. The number of hydrogen-bond donors (Lipinski definition) is 2. The zero-order valence-electron chi connectivity index (χ0n) is 19.6. The van der Waals surface area contributed by atoms with E-state index in [1.165, 1.54) is 7.11 Å². The van der Waals surface area contributed by atoms with Crippen molar-refractivity contribution in [2.45, 2.75) is 39.3 Å². The zero-order valence-corrected chi connectivity index (χ0v) is 19.6. The van der Waals surface area contributed by atoms with E-state index in [1.54, 1.807) is 7.11 Å². The average Bonchev–Trinajstić information content (AvgIpc) is 2.95. The van der Waals surface area contributed by atoms with Crippen molar-refractivity contribution in [2.75, 3.05) is 24.9 Å². The predicted molar refractivity (Wildman–Crippen MR) is 127 cm³/mol. The van der Waals surface area contributed by atoms with E-state index in [2.05, 4.69) is 10.6 Å². The van der Waals surface area contributed by atoms with Crippen LogP contribution in [0.25, 0.3) is 0 Å². The molecule has 4 rings (SSSR count). The summed E-state index contributed by atoms with van der Waals surface area (Å²) >= 11 is 0. The standard InChI is InChI=1S/C26H30N2O5/c1-14(2)33-20-11-10-16(13-21(20)31-4)24-23-19(27-17-8-6-7-9-18(17)28-24)12-15(3)22(25(23)29)26(30)32-5/h6-11,13-15,22,24,27-28H,12H2,1-5H3/t15-,22+,24+/m1/s1. The minimum Gasteiger partial charge on any atom is -0.493 e. The molecule has 0 fully saturated rings. The van der Waals surface area contributed by atoms with Crippen molar-refractivity contribution in [3.63, 3.8) is 0 Å². The number of hydrogen-bond acceptors (Lipinski definition) is 7. The first-order chi connectivity index (χ1) is 15.8. The van der Waals surface area contributed by atoms with Crippen LogP contribution in [0.5, 0.6) is 11.5 Å². The normalized spacial score (nSPS) is 21.9. The van der Waals surface area contributed by atoms with Crippen LogP contribution in [0.3, 0.4) is 0 Å². The van der Waals surface area contributed by atoms with E-state index in [9.17, 15) is 9.59 Å². The maximum Gasteiger partial charge on any atom is 0.316 e. The Kier molecular flexibility index (Phi) is 6.31. The molecule has 1 heterocycles. The molecule has 7 heteroatoms. The highest BCUT2D eigenvalue weighted by atomic mass is 16.5. The second kappa shape index (κ2) is 9.17. The van der Waals surface area contributed by atoms with Gasteiger partial charge in [0, 0.05) is 11.3 Å². The number of ether oxygens (including phenoxy) is 3. The molecule has 33 heavy (non-hydrogen) atoms. The topological polar surface area (TPSA) is 85.9 Å². The highest BCUT2D eigenvalue weighted by molar-refractivity contribution is 6.11. The number of rotatable bonds is 5. The highest BCUT2D eigenvalue weighted by Gasteiger charge is 2.44. The van der Waals surface area contributed by atoms with Crippen LogP contribution in [0.2, 0.25) is 0 Å². The number of esters is 1. The van der Waals surface area contributed by atoms with Gasteiger partial charge >= 0.3 is 5.97 Å². The number of Topliss-reactive ketones (excluding diaryl/α,β-unsaturated/α-hetero) is 1. The lowest BCUT2D eigenvalue weighted by molar-refractivity contribution is -0.151. The molecule has 0 bridgehead atoms. The van der Waals surface area contributed by atoms with Crippen LogP contribution in [0.4, 0.5) is 11.4 Å². The number of carbonyl (C=O) groups excluding carboxylic acids is 2. The third-order valence-electron chi connectivity index (χ3n) is 6.11. The van der Waals surface area contributed by atoms with Crippen molar-refractivity contribution in [1.82, 2.24) is 0 Å². The van der Waals surface area contributed by atoms with E-state index < -0.39 is 17.9 Å². The quantitative estimate of drug-likeness (QED) is 0.504. The number of carbonyl (C=O) groups is 2. The van der Waals surface area contributed by atoms with E-state index in [1.807, 2.05) is 63.2 Å². The van der Waals surface area contributed by atoms with Gasteiger partial charge in [0.25, 0.3) is 0 Å². The van der Waals surface area contributed by atoms with Crippen molar-refractivity contribution in [3.8, 4) is 11.5 Å². The van der Waals surface area contributed by atoms with E-state index in [-0.39, 0.29) is 17.8 Å². The first-order valence-electron chi connectivity index (χ1n) is 11.2. The maximum absolute atomic E-state index is 13.7. The Morgan fingerprint density at radius 3 is 2.45 bits per heavy atom. The minimum absolute atomic E-state index is 0.00614. The third-order valence-corrected chi connectivity index (χ3v) is 6.11. The van der Waals surface area contributed by atoms with E-state index in [0.29, 0.717) is 23.5 Å². The summed E-state index contributed by atoms with van der Waals surface area (Å²) in [6.07, 6.45) is 0.548. The van der Waals surface area contributed by atoms with Crippen molar-refractivity contribution in [2.24, 2.45) is 11.8 Å². The summed E-state index contributed by atoms with van der Waals surface area (Å²) in [6, 6.07) is 13.0. The summed E-state index contributed by atoms with van der Waals surface area (Å²) in [5.74, 6) is -0.539. The van der Waals surface area contributed by atoms with Gasteiger partial charge in [-0.05, 0) is 56.0 Å². The van der Waals surface area contributed by atoms with Gasteiger partial charge in [0.2, 0.25) is 0 Å². The minimum atomic E-state index is -0.841. The van der Waals surface area contributed by atoms with Gasteiger partial charge in [0.05, 0.1) is 37.7 Å². The lowest BCUT2D eigenvalue weighted by Crippen LogP contribution is -2.39. The molecule has 1 aliphatic carbocycles. The number of methoxy groups -OCH3 is 2. The van der Waals surface area contributed by atoms with Gasteiger partial charge in [-0.15, -0.1) is 0 Å². The van der Waals surface area contributed by atoms with Crippen LogP contribution >= 0.6 is 0 Å². The number of ketones is 1. The van der Waals surface area contributed by atoms with Crippen LogP contribution in [0, 0.1) is 11.8 Å². The van der Waals surface area contributed by atoms with Crippen LogP contribution < -0.4 is 20.1 Å². The van der Waals surface area contributed by atoms with Crippen molar-refractivity contribution in [3.05, 3.63) is 59.3 Å². The number of allylic oxidation sites excluding steroid dienone is 1. The summed E-state index contributed by atoms with van der Waals surface area (Å²) in [6.45, 7) is 5.81. The number of nitrogens with one attached hydrogen (secondary N) is 2. The Labute approximate surface area is 194 Å². The molecule has 7 nitrogen and oxygen atoms in total. The Bertz CT molecular complexity index is 1110. The molecule has 2 aromatic rings. The van der Waals surface area contributed by atoms with E-state index >= 15 is 0 Å². The second-order valence-electron chi connectivity index (χ2n) is 8.76. The van der Waals surface area contributed by atoms with Crippen LogP contribution in [-0.4, -0.2) is 32.1 Å². The number of benzene rings is 2. The lowest BCUT2D eigenvalue weighted by Gasteiger charge is -2.32. The molecule has 0 saturated heterocycles. The van der Waals surface area contributed by atoms with E-state index in [0.717, 1.165) is 22.6 Å². The zero-order chi connectivity index (χ0) is 23.7. The fourth-order valence-electron chi connectivity index (χ4n) is 4.60. The van der Waals surface area contributed by atoms with Gasteiger partial charge in [-0.25, -0.2) is 0 Å². The van der Waals surface area contributed by atoms with Crippen LogP contribution in [0.15, 0.2) is 53.7 Å². The Morgan fingerprint density at radius 2 is 1.79 bits per heavy atom. The molecular weight excluding hydrogens is 420 g/mol. The molecule has 0 radical (unpaired) electrons. The summed E-state index contributed by atoms with van der Waals surface area (Å²) in [4.78, 5) is 26.2. The highest BCUT2D eigenvalue weighted by Crippen LogP contribution is 2.45. The molecule has 0 spiro atoms. The van der Waals surface area contributed by atoms with Crippen LogP contribution in [-0.2, 0) is 14.3 Å². The fraction of sp³-hybridized carbons (Fsp3) is 0.385. The Hall–Kier alpha value is -3.48. The Morgan fingerprint density at radius 1 is 1.06 bits per heavy atom. The van der Waals surface area contributed by atoms with Gasteiger partial charge < -0.3 is 24.8 Å². The van der Waals surface area contributed by atoms with Gasteiger partial charge in [-0.1, -0.05) is 25.1 Å². The summed E-state index contributed by atoms with van der Waals surface area (Å²) in [5, 5.41) is 6.97. The molecule has 1 aliphatic heterocycles. The second-order valence-corrected chi connectivity index (χ2v) is 8.76. The first kappa shape index (κ1) is 22.7. The van der Waals surface area contributed by atoms with Crippen LogP contribution in [0.1, 0.15) is 38.8 Å². The third kappa shape index (κ3) is 4.27. The number of anilines is 2. The maximum atomic E-state index is 13.7. The summed E-state index contributed by atoms with van der Waals surface area (Å²) < 4.78 is 16.4. The molecule has 2 aromatic carbocycles. The van der Waals surface area contributed by atoms with Crippen molar-refractivity contribution in [1.29, 1.82) is 0 Å². The van der Waals surface area contributed by atoms with Gasteiger partial charge in [-0.2, -0.15) is 0 Å². The fourth-order valence-corrected chi connectivity index (χ4v) is 4.60.